The number of hydrogen-bond acceptors (Lipinski definition) is 2. The first-order chi connectivity index (χ1) is 7.43. The van der Waals surface area contributed by atoms with E-state index >= 15 is 0 Å². The Bertz CT molecular complexity index is 342. The van der Waals surface area contributed by atoms with Crippen molar-refractivity contribution in [3.8, 4) is 0 Å². The Hall–Kier alpha value is -0.890. The van der Waals surface area contributed by atoms with Crippen molar-refractivity contribution in [1.29, 1.82) is 0 Å². The first-order valence-corrected chi connectivity index (χ1v) is 6.10. The Morgan fingerprint density at radius 3 is 3.00 bits per heavy atom. The SMILES string of the molecule is c1cnc2c(c1)CN(C1CCCC1)CC2. The molecule has 0 unspecified atom stereocenters. The summed E-state index contributed by atoms with van der Waals surface area (Å²) in [6.07, 6.45) is 8.75. The summed E-state index contributed by atoms with van der Waals surface area (Å²) >= 11 is 0. The summed E-state index contributed by atoms with van der Waals surface area (Å²) in [5, 5.41) is 0. The fraction of sp³-hybridized carbons (Fsp3) is 0.615. The van der Waals surface area contributed by atoms with E-state index in [0.717, 1.165) is 19.0 Å². The predicted molar refractivity (Wildman–Crippen MR) is 60.6 cm³/mol. The summed E-state index contributed by atoms with van der Waals surface area (Å²) in [6.45, 7) is 2.35. The van der Waals surface area contributed by atoms with Crippen LogP contribution in [0.3, 0.4) is 0 Å². The second-order valence-electron chi connectivity index (χ2n) is 4.77. The molecule has 15 heavy (non-hydrogen) atoms. The van der Waals surface area contributed by atoms with Gasteiger partial charge in [-0.3, -0.25) is 9.88 Å². The molecule has 0 amide bonds. The second kappa shape index (κ2) is 3.93. The van der Waals surface area contributed by atoms with E-state index in [4.69, 9.17) is 0 Å². The van der Waals surface area contributed by atoms with Gasteiger partial charge in [0, 0.05) is 37.4 Å². The zero-order valence-corrected chi connectivity index (χ0v) is 9.15. The maximum Gasteiger partial charge on any atom is 0.0461 e. The Balaban J connectivity index is 1.76. The molecule has 3 rings (SSSR count). The van der Waals surface area contributed by atoms with Crippen molar-refractivity contribution in [2.45, 2.75) is 44.7 Å². The molecule has 0 bridgehead atoms. The lowest BCUT2D eigenvalue weighted by Crippen LogP contribution is -2.37. The van der Waals surface area contributed by atoms with E-state index in [9.17, 15) is 0 Å². The van der Waals surface area contributed by atoms with Gasteiger partial charge in [0.1, 0.15) is 0 Å². The number of fused-ring (bicyclic) bond motifs is 1. The van der Waals surface area contributed by atoms with Crippen molar-refractivity contribution in [3.05, 3.63) is 29.6 Å². The lowest BCUT2D eigenvalue weighted by molar-refractivity contribution is 0.179. The van der Waals surface area contributed by atoms with Crippen molar-refractivity contribution in [2.75, 3.05) is 6.54 Å². The van der Waals surface area contributed by atoms with Crippen molar-refractivity contribution in [1.82, 2.24) is 9.88 Å². The van der Waals surface area contributed by atoms with Gasteiger partial charge in [-0.1, -0.05) is 18.9 Å². The van der Waals surface area contributed by atoms with Crippen molar-refractivity contribution < 1.29 is 0 Å². The van der Waals surface area contributed by atoms with Gasteiger partial charge in [-0.2, -0.15) is 0 Å². The molecular weight excluding hydrogens is 184 g/mol. The van der Waals surface area contributed by atoms with Crippen LogP contribution in [-0.2, 0) is 13.0 Å². The molecule has 0 atom stereocenters. The molecule has 0 radical (unpaired) electrons. The Morgan fingerprint density at radius 1 is 1.27 bits per heavy atom. The number of nitrogens with zero attached hydrogens (tertiary/aromatic N) is 2. The highest BCUT2D eigenvalue weighted by atomic mass is 15.2. The van der Waals surface area contributed by atoms with Crippen molar-refractivity contribution in [3.63, 3.8) is 0 Å². The van der Waals surface area contributed by atoms with E-state index < -0.39 is 0 Å². The van der Waals surface area contributed by atoms with Crippen LogP contribution in [-0.4, -0.2) is 22.5 Å². The lowest BCUT2D eigenvalue weighted by Gasteiger charge is -2.32. The molecule has 1 fully saturated rings. The van der Waals surface area contributed by atoms with Crippen LogP contribution in [0.4, 0.5) is 0 Å². The summed E-state index contributed by atoms with van der Waals surface area (Å²) in [7, 11) is 0. The zero-order chi connectivity index (χ0) is 10.1. The fourth-order valence-corrected chi connectivity index (χ4v) is 2.97. The largest absolute Gasteiger partial charge is 0.296 e. The normalized spacial score (nSPS) is 22.9. The van der Waals surface area contributed by atoms with E-state index in [1.54, 1.807) is 0 Å². The number of aromatic nitrogens is 1. The molecule has 1 aromatic heterocycles. The monoisotopic (exact) mass is 202 g/mol. The summed E-state index contributed by atoms with van der Waals surface area (Å²) in [6, 6.07) is 5.17. The predicted octanol–water partition coefficient (Wildman–Crippen LogP) is 2.38. The molecule has 0 spiro atoms. The third kappa shape index (κ3) is 1.78. The molecule has 1 aliphatic heterocycles. The Kier molecular flexibility index (Phi) is 2.45. The summed E-state index contributed by atoms with van der Waals surface area (Å²) < 4.78 is 0. The molecule has 2 nitrogen and oxygen atoms in total. The lowest BCUT2D eigenvalue weighted by atomic mass is 10.0. The topological polar surface area (TPSA) is 16.1 Å². The molecular formula is C13H18N2. The average Bonchev–Trinajstić information content (AvgIpc) is 2.82. The van der Waals surface area contributed by atoms with Gasteiger partial charge in [-0.05, 0) is 24.5 Å². The van der Waals surface area contributed by atoms with Crippen LogP contribution in [0, 0.1) is 0 Å². The van der Waals surface area contributed by atoms with Crippen LogP contribution in [0.1, 0.15) is 36.9 Å². The van der Waals surface area contributed by atoms with Crippen LogP contribution >= 0.6 is 0 Å². The molecule has 2 heterocycles. The minimum Gasteiger partial charge on any atom is -0.296 e. The number of pyridine rings is 1. The van der Waals surface area contributed by atoms with Crippen molar-refractivity contribution in [2.24, 2.45) is 0 Å². The first-order valence-electron chi connectivity index (χ1n) is 6.10. The summed E-state index contributed by atoms with van der Waals surface area (Å²) in [4.78, 5) is 7.12. The highest BCUT2D eigenvalue weighted by Crippen LogP contribution is 2.27. The van der Waals surface area contributed by atoms with Crippen molar-refractivity contribution >= 4 is 0 Å². The third-order valence-electron chi connectivity index (χ3n) is 3.83. The van der Waals surface area contributed by atoms with Crippen LogP contribution in [0.15, 0.2) is 18.3 Å². The van der Waals surface area contributed by atoms with E-state index in [1.165, 1.54) is 43.5 Å². The van der Waals surface area contributed by atoms with E-state index in [-0.39, 0.29) is 0 Å². The highest BCUT2D eigenvalue weighted by molar-refractivity contribution is 5.22. The molecule has 1 aliphatic carbocycles. The van der Waals surface area contributed by atoms with Crippen LogP contribution in [0.2, 0.25) is 0 Å². The van der Waals surface area contributed by atoms with E-state index in [2.05, 4.69) is 22.0 Å². The van der Waals surface area contributed by atoms with Gasteiger partial charge in [-0.15, -0.1) is 0 Å². The minimum absolute atomic E-state index is 0.860. The molecule has 2 heteroatoms. The Labute approximate surface area is 91.3 Å². The summed E-state index contributed by atoms with van der Waals surface area (Å²) in [5.41, 5.74) is 2.78. The van der Waals surface area contributed by atoms with Gasteiger partial charge in [-0.25, -0.2) is 0 Å². The quantitative estimate of drug-likeness (QED) is 0.695. The fourth-order valence-electron chi connectivity index (χ4n) is 2.97. The van der Waals surface area contributed by atoms with Crippen LogP contribution in [0.25, 0.3) is 0 Å². The maximum absolute atomic E-state index is 4.45. The molecule has 80 valence electrons. The zero-order valence-electron chi connectivity index (χ0n) is 9.15. The standard InChI is InChI=1S/C13H18N2/c1-2-6-12(5-1)15-9-7-13-11(10-15)4-3-8-14-13/h3-4,8,12H,1-2,5-7,9-10H2. The molecule has 0 aromatic carbocycles. The van der Waals surface area contributed by atoms with E-state index in [0.29, 0.717) is 0 Å². The van der Waals surface area contributed by atoms with Gasteiger partial charge in [0.15, 0.2) is 0 Å². The highest BCUT2D eigenvalue weighted by Gasteiger charge is 2.25. The second-order valence-corrected chi connectivity index (χ2v) is 4.77. The van der Waals surface area contributed by atoms with Gasteiger partial charge in [0.2, 0.25) is 0 Å². The summed E-state index contributed by atoms with van der Waals surface area (Å²) in [5.74, 6) is 0. The number of hydrogen-bond donors (Lipinski definition) is 0. The smallest absolute Gasteiger partial charge is 0.0461 e. The van der Waals surface area contributed by atoms with Gasteiger partial charge in [0.25, 0.3) is 0 Å². The number of rotatable bonds is 1. The van der Waals surface area contributed by atoms with Gasteiger partial charge < -0.3 is 0 Å². The molecule has 1 aromatic rings. The molecule has 1 saturated carbocycles. The molecule has 0 saturated heterocycles. The molecule has 2 aliphatic rings. The Morgan fingerprint density at radius 2 is 2.13 bits per heavy atom. The van der Waals surface area contributed by atoms with Crippen LogP contribution in [0.5, 0.6) is 0 Å². The third-order valence-corrected chi connectivity index (χ3v) is 3.83. The average molecular weight is 202 g/mol. The van der Waals surface area contributed by atoms with Gasteiger partial charge >= 0.3 is 0 Å². The molecule has 0 N–H and O–H groups in total. The minimum atomic E-state index is 0.860. The maximum atomic E-state index is 4.45. The van der Waals surface area contributed by atoms with E-state index in [1.807, 2.05) is 6.20 Å². The first kappa shape index (κ1) is 9.34. The van der Waals surface area contributed by atoms with Crippen LogP contribution < -0.4 is 0 Å². The van der Waals surface area contributed by atoms with Gasteiger partial charge in [0.05, 0.1) is 0 Å².